The van der Waals surface area contributed by atoms with Gasteiger partial charge in [-0.3, -0.25) is 0 Å². The average Bonchev–Trinajstić information content (AvgIpc) is 2.98. The Labute approximate surface area is 98.8 Å². The number of sulfone groups is 1. The van der Waals surface area contributed by atoms with Gasteiger partial charge in [0.15, 0.2) is 5.58 Å². The Balaban J connectivity index is 2.08. The van der Waals surface area contributed by atoms with Gasteiger partial charge >= 0.3 is 5.22 Å². The van der Waals surface area contributed by atoms with E-state index in [0.717, 1.165) is 6.54 Å². The van der Waals surface area contributed by atoms with Crippen LogP contribution in [-0.2, 0) is 9.84 Å². The second-order valence-corrected chi connectivity index (χ2v) is 6.21. The smallest absolute Gasteiger partial charge is 0.316 e. The highest BCUT2D eigenvalue weighted by Crippen LogP contribution is 2.23. The maximum absolute atomic E-state index is 12.2. The first-order chi connectivity index (χ1) is 8.18. The first-order valence-electron chi connectivity index (χ1n) is 5.48. The second-order valence-electron chi connectivity index (χ2n) is 4.11. The largest absolute Gasteiger partial charge is 0.428 e. The van der Waals surface area contributed by atoms with Gasteiger partial charge in [0.1, 0.15) is 5.52 Å². The minimum Gasteiger partial charge on any atom is -0.428 e. The highest BCUT2D eigenvalue weighted by atomic mass is 32.2. The van der Waals surface area contributed by atoms with E-state index in [1.165, 1.54) is 0 Å². The van der Waals surface area contributed by atoms with Crippen molar-refractivity contribution >= 4 is 20.9 Å². The van der Waals surface area contributed by atoms with Crippen LogP contribution in [0.5, 0.6) is 0 Å². The summed E-state index contributed by atoms with van der Waals surface area (Å²) >= 11 is 0. The summed E-state index contributed by atoms with van der Waals surface area (Å²) in [6.07, 6.45) is 0.612. The summed E-state index contributed by atoms with van der Waals surface area (Å²) in [5.41, 5.74) is 1.09. The molecular weight excluding hydrogens is 240 g/mol. The molecule has 1 atom stereocenters. The Morgan fingerprint density at radius 2 is 2.18 bits per heavy atom. The Morgan fingerprint density at radius 3 is 2.88 bits per heavy atom. The fourth-order valence-corrected chi connectivity index (χ4v) is 3.49. The summed E-state index contributed by atoms with van der Waals surface area (Å²) in [4.78, 5) is 4.05. The molecule has 5 nitrogen and oxygen atoms in total. The van der Waals surface area contributed by atoms with E-state index in [1.807, 2.05) is 0 Å². The van der Waals surface area contributed by atoms with Crippen molar-refractivity contribution in [1.82, 2.24) is 10.3 Å². The van der Waals surface area contributed by atoms with Gasteiger partial charge in [0.05, 0.1) is 5.25 Å². The van der Waals surface area contributed by atoms with E-state index in [-0.39, 0.29) is 5.22 Å². The molecule has 0 saturated carbocycles. The molecule has 0 bridgehead atoms. The van der Waals surface area contributed by atoms with Crippen molar-refractivity contribution in [1.29, 1.82) is 0 Å². The van der Waals surface area contributed by atoms with E-state index in [1.54, 1.807) is 24.3 Å². The fourth-order valence-electron chi connectivity index (χ4n) is 2.01. The molecule has 0 radical (unpaired) electrons. The standard InChI is InChI=1S/C11H12N2O3S/c14-17(15,8-5-6-12-7-8)11-13-9-3-1-2-4-10(9)16-11/h1-4,8,12H,5-7H2. The van der Waals surface area contributed by atoms with Crippen LogP contribution in [0.4, 0.5) is 0 Å². The van der Waals surface area contributed by atoms with Crippen LogP contribution < -0.4 is 5.32 Å². The lowest BCUT2D eigenvalue weighted by atomic mass is 10.3. The highest BCUT2D eigenvalue weighted by Gasteiger charge is 2.34. The fraction of sp³-hybridized carbons (Fsp3) is 0.364. The monoisotopic (exact) mass is 252 g/mol. The average molecular weight is 252 g/mol. The van der Waals surface area contributed by atoms with Crippen molar-refractivity contribution in [2.75, 3.05) is 13.1 Å². The Kier molecular flexibility index (Phi) is 2.41. The lowest BCUT2D eigenvalue weighted by molar-refractivity contribution is 0.454. The number of nitrogens with zero attached hydrogens (tertiary/aromatic N) is 1. The molecule has 3 rings (SSSR count). The molecule has 6 heteroatoms. The molecule has 1 aromatic carbocycles. The summed E-state index contributed by atoms with van der Waals surface area (Å²) < 4.78 is 29.7. The van der Waals surface area contributed by atoms with Gasteiger partial charge in [-0.05, 0) is 25.1 Å². The molecule has 17 heavy (non-hydrogen) atoms. The van der Waals surface area contributed by atoms with Crippen LogP contribution >= 0.6 is 0 Å². The predicted molar refractivity (Wildman–Crippen MR) is 62.5 cm³/mol. The van der Waals surface area contributed by atoms with Crippen molar-refractivity contribution in [3.8, 4) is 0 Å². The van der Waals surface area contributed by atoms with E-state index in [0.29, 0.717) is 24.1 Å². The molecule has 1 unspecified atom stereocenters. The van der Waals surface area contributed by atoms with Gasteiger partial charge in [0, 0.05) is 6.54 Å². The van der Waals surface area contributed by atoms with Gasteiger partial charge in [0.2, 0.25) is 9.84 Å². The van der Waals surface area contributed by atoms with Crippen molar-refractivity contribution in [3.05, 3.63) is 24.3 Å². The summed E-state index contributed by atoms with van der Waals surface area (Å²) in [6, 6.07) is 7.05. The van der Waals surface area contributed by atoms with Gasteiger partial charge in [-0.25, -0.2) is 8.42 Å². The van der Waals surface area contributed by atoms with Gasteiger partial charge in [-0.2, -0.15) is 4.98 Å². The zero-order valence-corrected chi connectivity index (χ0v) is 9.90. The van der Waals surface area contributed by atoms with Crippen LogP contribution in [0.1, 0.15) is 6.42 Å². The molecule has 1 fully saturated rings. The zero-order chi connectivity index (χ0) is 11.9. The third-order valence-electron chi connectivity index (χ3n) is 2.97. The number of benzene rings is 1. The summed E-state index contributed by atoms with van der Waals surface area (Å²) in [6.45, 7) is 1.20. The maximum atomic E-state index is 12.2. The first-order valence-corrected chi connectivity index (χ1v) is 7.03. The number of rotatable bonds is 2. The van der Waals surface area contributed by atoms with Crippen LogP contribution in [0, 0.1) is 0 Å². The normalized spacial score (nSPS) is 21.1. The quantitative estimate of drug-likeness (QED) is 0.862. The third-order valence-corrected chi connectivity index (χ3v) is 4.91. The molecule has 1 aliphatic rings. The number of oxazole rings is 1. The number of hydrogen-bond donors (Lipinski definition) is 1. The van der Waals surface area contributed by atoms with Crippen LogP contribution in [0.3, 0.4) is 0 Å². The topological polar surface area (TPSA) is 72.2 Å². The van der Waals surface area contributed by atoms with Crippen molar-refractivity contribution < 1.29 is 12.8 Å². The van der Waals surface area contributed by atoms with Gasteiger partial charge in [-0.15, -0.1) is 0 Å². The molecule has 2 aromatic rings. The summed E-state index contributed by atoms with van der Waals surface area (Å²) in [7, 11) is -3.44. The van der Waals surface area contributed by atoms with Gasteiger partial charge < -0.3 is 9.73 Å². The van der Waals surface area contributed by atoms with E-state index in [2.05, 4.69) is 10.3 Å². The predicted octanol–water partition coefficient (Wildman–Crippen LogP) is 0.963. The van der Waals surface area contributed by atoms with Gasteiger partial charge in [-0.1, -0.05) is 12.1 Å². The number of hydrogen-bond acceptors (Lipinski definition) is 5. The molecule has 0 aliphatic carbocycles. The Bertz CT molecular complexity index is 609. The molecule has 0 amide bonds. The molecule has 1 N–H and O–H groups in total. The number of nitrogens with one attached hydrogen (secondary N) is 1. The summed E-state index contributed by atoms with van der Waals surface area (Å²) in [5.74, 6) is 0. The van der Waals surface area contributed by atoms with E-state index in [9.17, 15) is 8.42 Å². The summed E-state index contributed by atoms with van der Waals surface area (Å²) in [5, 5.41) is 2.45. The molecule has 1 aromatic heterocycles. The maximum Gasteiger partial charge on any atom is 0.316 e. The molecule has 1 saturated heterocycles. The minimum atomic E-state index is -3.44. The van der Waals surface area contributed by atoms with Crippen molar-refractivity contribution in [3.63, 3.8) is 0 Å². The molecular formula is C11H12N2O3S. The second kappa shape index (κ2) is 3.82. The molecule has 1 aliphatic heterocycles. The Morgan fingerprint density at radius 1 is 1.35 bits per heavy atom. The SMILES string of the molecule is O=S(=O)(c1nc2ccccc2o1)C1CCNC1. The lowest BCUT2D eigenvalue weighted by Crippen LogP contribution is -2.24. The molecule has 2 heterocycles. The van der Waals surface area contributed by atoms with Crippen LogP contribution in [-0.4, -0.2) is 31.7 Å². The lowest BCUT2D eigenvalue weighted by Gasteiger charge is -2.05. The van der Waals surface area contributed by atoms with Crippen LogP contribution in [0.2, 0.25) is 0 Å². The van der Waals surface area contributed by atoms with Crippen molar-refractivity contribution in [2.45, 2.75) is 16.9 Å². The number of fused-ring (bicyclic) bond motifs is 1. The first kappa shape index (κ1) is 10.7. The van der Waals surface area contributed by atoms with E-state index < -0.39 is 15.1 Å². The molecule has 0 spiro atoms. The van der Waals surface area contributed by atoms with Crippen molar-refractivity contribution in [2.24, 2.45) is 0 Å². The van der Waals surface area contributed by atoms with E-state index >= 15 is 0 Å². The van der Waals surface area contributed by atoms with Gasteiger partial charge in [0.25, 0.3) is 0 Å². The number of aromatic nitrogens is 1. The highest BCUT2D eigenvalue weighted by molar-refractivity contribution is 7.91. The van der Waals surface area contributed by atoms with E-state index in [4.69, 9.17) is 4.42 Å². The van der Waals surface area contributed by atoms with Crippen LogP contribution in [0.25, 0.3) is 11.1 Å². The Hall–Kier alpha value is -1.40. The zero-order valence-electron chi connectivity index (χ0n) is 9.09. The van der Waals surface area contributed by atoms with Crippen LogP contribution in [0.15, 0.2) is 33.9 Å². The third kappa shape index (κ3) is 1.73. The minimum absolute atomic E-state index is 0.160. The molecule has 90 valence electrons. The number of para-hydroxylation sites is 2.